The van der Waals surface area contributed by atoms with Crippen molar-refractivity contribution in [1.29, 1.82) is 0 Å². The summed E-state index contributed by atoms with van der Waals surface area (Å²) >= 11 is 0. The Kier molecular flexibility index (Phi) is 3.69. The summed E-state index contributed by atoms with van der Waals surface area (Å²) < 4.78 is 5.21. The molecule has 0 aliphatic heterocycles. The highest BCUT2D eigenvalue weighted by molar-refractivity contribution is 5.89. The first-order chi connectivity index (χ1) is 8.58. The number of hydrogen-bond donors (Lipinski definition) is 2. The number of carboxylic acids is 1. The van der Waals surface area contributed by atoms with Crippen LogP contribution in [0.15, 0.2) is 22.8 Å². The smallest absolute Gasteiger partial charge is 0.307 e. The molecule has 1 aromatic rings. The molecule has 2 rings (SSSR count). The molecule has 2 N–H and O–H groups in total. The van der Waals surface area contributed by atoms with Crippen LogP contribution in [0.4, 0.5) is 0 Å². The highest BCUT2D eigenvalue weighted by Crippen LogP contribution is 2.38. The Balaban J connectivity index is 1.70. The van der Waals surface area contributed by atoms with E-state index in [9.17, 15) is 9.59 Å². The molecule has 1 saturated carbocycles. The molecule has 0 aromatic carbocycles. The minimum absolute atomic E-state index is 0.0256. The van der Waals surface area contributed by atoms with E-state index < -0.39 is 11.9 Å². The van der Waals surface area contributed by atoms with Crippen LogP contribution in [-0.4, -0.2) is 23.0 Å². The van der Waals surface area contributed by atoms with Gasteiger partial charge in [-0.15, -0.1) is 0 Å². The molecule has 98 valence electrons. The number of carbonyl (C=O) groups excluding carboxylic acids is 1. The lowest BCUT2D eigenvalue weighted by Crippen LogP contribution is -2.34. The van der Waals surface area contributed by atoms with Crippen LogP contribution in [0.3, 0.4) is 0 Å². The lowest BCUT2D eigenvalue weighted by molar-refractivity contribution is -0.140. The van der Waals surface area contributed by atoms with Crippen molar-refractivity contribution in [3.63, 3.8) is 0 Å². The largest absolute Gasteiger partial charge is 0.481 e. The molecular formula is C13H17NO4. The monoisotopic (exact) mass is 251 g/mol. The van der Waals surface area contributed by atoms with Crippen molar-refractivity contribution in [2.24, 2.45) is 11.8 Å². The van der Waals surface area contributed by atoms with Gasteiger partial charge >= 0.3 is 5.97 Å². The number of amides is 1. The molecule has 5 nitrogen and oxygen atoms in total. The van der Waals surface area contributed by atoms with Crippen molar-refractivity contribution < 1.29 is 19.1 Å². The van der Waals surface area contributed by atoms with Crippen molar-refractivity contribution in [1.82, 2.24) is 5.32 Å². The van der Waals surface area contributed by atoms with Crippen LogP contribution in [0.5, 0.6) is 0 Å². The van der Waals surface area contributed by atoms with Gasteiger partial charge in [-0.2, -0.15) is 0 Å². The minimum Gasteiger partial charge on any atom is -0.481 e. The van der Waals surface area contributed by atoms with Crippen molar-refractivity contribution in [2.45, 2.75) is 32.2 Å². The Labute approximate surface area is 105 Å². The number of nitrogens with one attached hydrogen (secondary N) is 1. The quantitative estimate of drug-likeness (QED) is 0.801. The molecular weight excluding hydrogens is 234 g/mol. The number of rotatable bonds is 6. The predicted molar refractivity (Wildman–Crippen MR) is 63.9 cm³/mol. The third-order valence-electron chi connectivity index (χ3n) is 3.24. The number of carboxylic acid groups (broad SMARTS) is 1. The summed E-state index contributed by atoms with van der Waals surface area (Å²) in [7, 11) is 0. The molecule has 1 heterocycles. The van der Waals surface area contributed by atoms with Gasteiger partial charge in [-0.1, -0.05) is 0 Å². The third-order valence-corrected chi connectivity index (χ3v) is 3.24. The van der Waals surface area contributed by atoms with E-state index in [1.54, 1.807) is 6.26 Å². The van der Waals surface area contributed by atoms with Gasteiger partial charge in [-0.3, -0.25) is 9.59 Å². The Bertz CT molecular complexity index is 426. The number of carbonyl (C=O) groups is 2. The van der Waals surface area contributed by atoms with Gasteiger partial charge in [-0.05, 0) is 31.9 Å². The molecule has 18 heavy (non-hydrogen) atoms. The molecule has 3 atom stereocenters. The average Bonchev–Trinajstić information content (AvgIpc) is 2.97. The highest BCUT2D eigenvalue weighted by atomic mass is 16.4. The van der Waals surface area contributed by atoms with Crippen LogP contribution in [0.1, 0.15) is 25.5 Å². The molecule has 0 bridgehead atoms. The van der Waals surface area contributed by atoms with Crippen LogP contribution in [0.2, 0.25) is 0 Å². The molecule has 3 unspecified atom stereocenters. The normalized spacial score (nSPS) is 23.4. The molecule has 0 radical (unpaired) electrons. The number of aliphatic carboxylic acids is 1. The second kappa shape index (κ2) is 5.25. The minimum atomic E-state index is -0.876. The fourth-order valence-corrected chi connectivity index (χ4v) is 1.99. The number of furan rings is 1. The van der Waals surface area contributed by atoms with E-state index in [0.29, 0.717) is 6.42 Å². The van der Waals surface area contributed by atoms with Crippen LogP contribution in [0, 0.1) is 11.8 Å². The summed E-state index contributed by atoms with van der Waals surface area (Å²) in [5.41, 5.74) is 0. The lowest BCUT2D eigenvalue weighted by Gasteiger charge is -2.12. The van der Waals surface area contributed by atoms with Crippen molar-refractivity contribution in [3.05, 3.63) is 24.2 Å². The fraction of sp³-hybridized carbons (Fsp3) is 0.538. The van der Waals surface area contributed by atoms with E-state index >= 15 is 0 Å². The van der Waals surface area contributed by atoms with Crippen molar-refractivity contribution >= 4 is 11.9 Å². The summed E-state index contributed by atoms with van der Waals surface area (Å²) in [5.74, 6) is -0.950. The van der Waals surface area contributed by atoms with Crippen LogP contribution in [-0.2, 0) is 16.0 Å². The lowest BCUT2D eigenvalue weighted by atomic mass is 10.1. The Morgan fingerprint density at radius 2 is 2.33 bits per heavy atom. The maximum absolute atomic E-state index is 11.7. The molecule has 1 fully saturated rings. The SMILES string of the molecule is CC(CCc1ccco1)NC(=O)C1CC1C(=O)O. The van der Waals surface area contributed by atoms with Crippen LogP contribution < -0.4 is 5.32 Å². The van der Waals surface area contributed by atoms with Crippen molar-refractivity contribution in [2.75, 3.05) is 0 Å². The van der Waals surface area contributed by atoms with Gasteiger partial charge < -0.3 is 14.8 Å². The standard InChI is InChI=1S/C13H17NO4/c1-8(4-5-9-3-2-6-18-9)14-12(15)10-7-11(10)13(16)17/h2-3,6,8,10-11H,4-5,7H2,1H3,(H,14,15)(H,16,17). The Morgan fingerprint density at radius 1 is 1.56 bits per heavy atom. The fourth-order valence-electron chi connectivity index (χ4n) is 1.99. The average molecular weight is 251 g/mol. The van der Waals surface area contributed by atoms with Gasteiger partial charge in [0, 0.05) is 12.5 Å². The summed E-state index contributed by atoms with van der Waals surface area (Å²) in [6, 6.07) is 3.76. The number of hydrogen-bond acceptors (Lipinski definition) is 3. The maximum Gasteiger partial charge on any atom is 0.307 e. The van der Waals surface area contributed by atoms with E-state index in [4.69, 9.17) is 9.52 Å². The van der Waals surface area contributed by atoms with Gasteiger partial charge in [0.15, 0.2) is 0 Å². The zero-order valence-electron chi connectivity index (χ0n) is 10.3. The van der Waals surface area contributed by atoms with Crippen molar-refractivity contribution in [3.8, 4) is 0 Å². The third kappa shape index (κ3) is 3.12. The van der Waals surface area contributed by atoms with Crippen LogP contribution >= 0.6 is 0 Å². The topological polar surface area (TPSA) is 79.5 Å². The van der Waals surface area contributed by atoms with Gasteiger partial charge in [-0.25, -0.2) is 0 Å². The summed E-state index contributed by atoms with van der Waals surface area (Å²) in [5, 5.41) is 11.6. The molecule has 1 aliphatic carbocycles. The first-order valence-electron chi connectivity index (χ1n) is 6.13. The highest BCUT2D eigenvalue weighted by Gasteiger charge is 2.48. The summed E-state index contributed by atoms with van der Waals surface area (Å²) in [4.78, 5) is 22.3. The molecule has 0 spiro atoms. The van der Waals surface area contributed by atoms with E-state index in [1.165, 1.54) is 0 Å². The van der Waals surface area contributed by atoms with Crippen LogP contribution in [0.25, 0.3) is 0 Å². The zero-order valence-corrected chi connectivity index (χ0v) is 10.3. The Hall–Kier alpha value is -1.78. The van der Waals surface area contributed by atoms with Gasteiger partial charge in [0.05, 0.1) is 18.1 Å². The zero-order chi connectivity index (χ0) is 13.1. The molecule has 1 aromatic heterocycles. The number of aryl methyl sites for hydroxylation is 1. The second-order valence-corrected chi connectivity index (χ2v) is 4.81. The van der Waals surface area contributed by atoms with E-state index in [-0.39, 0.29) is 17.9 Å². The summed E-state index contributed by atoms with van der Waals surface area (Å²) in [6.07, 6.45) is 3.64. The summed E-state index contributed by atoms with van der Waals surface area (Å²) in [6.45, 7) is 1.92. The van der Waals surface area contributed by atoms with E-state index in [0.717, 1.165) is 18.6 Å². The predicted octanol–water partition coefficient (Wildman–Crippen LogP) is 1.44. The van der Waals surface area contributed by atoms with E-state index in [1.807, 2.05) is 19.1 Å². The molecule has 0 saturated heterocycles. The maximum atomic E-state index is 11.7. The first kappa shape index (κ1) is 12.7. The van der Waals surface area contributed by atoms with Gasteiger partial charge in [0.25, 0.3) is 0 Å². The van der Waals surface area contributed by atoms with E-state index in [2.05, 4.69) is 5.32 Å². The second-order valence-electron chi connectivity index (χ2n) is 4.81. The molecule has 1 amide bonds. The Morgan fingerprint density at radius 3 is 2.89 bits per heavy atom. The molecule has 5 heteroatoms. The van der Waals surface area contributed by atoms with Gasteiger partial charge in [0.2, 0.25) is 5.91 Å². The molecule has 1 aliphatic rings. The van der Waals surface area contributed by atoms with Gasteiger partial charge in [0.1, 0.15) is 5.76 Å². The first-order valence-corrected chi connectivity index (χ1v) is 6.13.